The lowest BCUT2D eigenvalue weighted by Crippen LogP contribution is -2.29. The summed E-state index contributed by atoms with van der Waals surface area (Å²) in [5, 5.41) is 23.0. The van der Waals surface area contributed by atoms with Crippen molar-refractivity contribution in [3.05, 3.63) is 36.3 Å². The summed E-state index contributed by atoms with van der Waals surface area (Å²) < 4.78 is 0. The van der Waals surface area contributed by atoms with E-state index in [9.17, 15) is 14.7 Å². The van der Waals surface area contributed by atoms with E-state index in [-0.39, 0.29) is 11.4 Å². The second-order valence-electron chi connectivity index (χ2n) is 3.55. The van der Waals surface area contributed by atoms with Gasteiger partial charge in [0.25, 0.3) is 5.91 Å². The minimum atomic E-state index is -1.19. The summed E-state index contributed by atoms with van der Waals surface area (Å²) in [5.74, 6) is 3.17. The van der Waals surface area contributed by atoms with E-state index in [4.69, 9.17) is 5.11 Å². The van der Waals surface area contributed by atoms with Gasteiger partial charge in [-0.3, -0.25) is 9.59 Å². The number of carbonyl (C=O) groups is 2. The Labute approximate surface area is 115 Å². The zero-order valence-corrected chi connectivity index (χ0v) is 10.5. The number of carboxylic acid groups (broad SMARTS) is 1. The molecule has 1 amide bonds. The molecule has 7 nitrogen and oxygen atoms in total. The van der Waals surface area contributed by atoms with Crippen molar-refractivity contribution < 1.29 is 19.8 Å². The van der Waals surface area contributed by atoms with E-state index in [0.717, 1.165) is 0 Å². The van der Waals surface area contributed by atoms with E-state index in [1.54, 1.807) is 0 Å². The third kappa shape index (κ3) is 4.70. The number of hydrogen-bond donors (Lipinski definition) is 4. The molecule has 1 aromatic heterocycles. The number of aliphatic carboxylic acids is 1. The molecule has 20 heavy (non-hydrogen) atoms. The van der Waals surface area contributed by atoms with Crippen molar-refractivity contribution in [2.75, 3.05) is 13.1 Å². The summed E-state index contributed by atoms with van der Waals surface area (Å²) >= 11 is 0. The Bertz CT molecular complexity index is 587. The van der Waals surface area contributed by atoms with Crippen molar-refractivity contribution in [2.24, 2.45) is 0 Å². The Balaban J connectivity index is 2.76. The van der Waals surface area contributed by atoms with Crippen LogP contribution in [-0.4, -0.2) is 40.2 Å². The molecule has 0 saturated carbocycles. The van der Waals surface area contributed by atoms with E-state index in [1.807, 2.05) is 0 Å². The number of pyridine rings is 1. The predicted molar refractivity (Wildman–Crippen MR) is 70.9 cm³/mol. The van der Waals surface area contributed by atoms with Gasteiger partial charge >= 0.3 is 5.97 Å². The van der Waals surface area contributed by atoms with Gasteiger partial charge in [0.2, 0.25) is 0 Å². The van der Waals surface area contributed by atoms with Gasteiger partial charge < -0.3 is 20.8 Å². The predicted octanol–water partition coefficient (Wildman–Crippen LogP) is -0.314. The molecule has 0 bridgehead atoms. The molecular formula is C13H13N3O4. The van der Waals surface area contributed by atoms with Crippen LogP contribution in [0.25, 0.3) is 0 Å². The molecule has 0 radical (unpaired) electrons. The number of rotatable bonds is 5. The number of aromatic nitrogens is 1. The molecule has 0 aliphatic carbocycles. The molecule has 0 aromatic carbocycles. The molecule has 0 saturated heterocycles. The highest BCUT2D eigenvalue weighted by Crippen LogP contribution is 2.15. The molecule has 0 spiro atoms. The summed E-state index contributed by atoms with van der Waals surface area (Å²) in [7, 11) is 0. The molecule has 1 rings (SSSR count). The summed E-state index contributed by atoms with van der Waals surface area (Å²) in [6.45, 7) is 3.31. The highest BCUT2D eigenvalue weighted by Gasteiger charge is 2.13. The van der Waals surface area contributed by atoms with Crippen LogP contribution >= 0.6 is 0 Å². The van der Waals surface area contributed by atoms with Gasteiger partial charge in [0.15, 0.2) is 5.69 Å². The third-order valence-corrected chi connectivity index (χ3v) is 2.05. The van der Waals surface area contributed by atoms with Crippen molar-refractivity contribution >= 4 is 11.9 Å². The molecule has 1 heterocycles. The number of carboxylic acids is 1. The number of amides is 1. The maximum Gasteiger partial charge on any atom is 0.322 e. The third-order valence-electron chi connectivity index (χ3n) is 2.05. The molecule has 0 unspecified atom stereocenters. The van der Waals surface area contributed by atoms with E-state index in [0.29, 0.717) is 12.1 Å². The number of hydrogen-bond acceptors (Lipinski definition) is 5. The lowest BCUT2D eigenvalue weighted by molar-refractivity contribution is -0.135. The van der Waals surface area contributed by atoms with Gasteiger partial charge in [0.1, 0.15) is 12.3 Å². The van der Waals surface area contributed by atoms with Gasteiger partial charge in [0, 0.05) is 11.8 Å². The largest absolute Gasteiger partial charge is 0.505 e. The molecular weight excluding hydrogens is 262 g/mol. The quantitative estimate of drug-likeness (QED) is 0.433. The SMILES string of the molecule is C=CNCC#Cc1cnc(C(=O)NCC(=O)O)c(O)c1. The minimum Gasteiger partial charge on any atom is -0.505 e. The minimum absolute atomic E-state index is 0.249. The fourth-order valence-corrected chi connectivity index (χ4v) is 1.21. The Hall–Kier alpha value is -3.01. The Morgan fingerprint density at radius 2 is 2.25 bits per heavy atom. The maximum absolute atomic E-state index is 11.5. The van der Waals surface area contributed by atoms with Crippen LogP contribution in [0.1, 0.15) is 16.1 Å². The van der Waals surface area contributed by atoms with Crippen LogP contribution < -0.4 is 10.6 Å². The highest BCUT2D eigenvalue weighted by atomic mass is 16.4. The van der Waals surface area contributed by atoms with Crippen molar-refractivity contribution in [3.63, 3.8) is 0 Å². The summed E-state index contributed by atoms with van der Waals surface area (Å²) in [6, 6.07) is 1.28. The molecule has 104 valence electrons. The normalized spacial score (nSPS) is 9.00. The van der Waals surface area contributed by atoms with Crippen LogP contribution in [0.5, 0.6) is 5.75 Å². The fourth-order valence-electron chi connectivity index (χ4n) is 1.21. The monoisotopic (exact) mass is 275 g/mol. The smallest absolute Gasteiger partial charge is 0.322 e. The molecule has 1 aromatic rings. The second kappa shape index (κ2) is 7.43. The van der Waals surface area contributed by atoms with Gasteiger partial charge in [-0.1, -0.05) is 18.4 Å². The van der Waals surface area contributed by atoms with Crippen LogP contribution in [0, 0.1) is 11.8 Å². The Morgan fingerprint density at radius 1 is 1.50 bits per heavy atom. The van der Waals surface area contributed by atoms with Crippen molar-refractivity contribution in [3.8, 4) is 17.6 Å². The number of nitrogens with one attached hydrogen (secondary N) is 2. The lowest BCUT2D eigenvalue weighted by Gasteiger charge is -2.04. The van der Waals surface area contributed by atoms with E-state index >= 15 is 0 Å². The van der Waals surface area contributed by atoms with Crippen LogP contribution in [-0.2, 0) is 4.79 Å². The van der Waals surface area contributed by atoms with E-state index in [1.165, 1.54) is 18.5 Å². The molecule has 0 aliphatic heterocycles. The zero-order chi connectivity index (χ0) is 15.0. The van der Waals surface area contributed by atoms with Crippen LogP contribution in [0.4, 0.5) is 0 Å². The molecule has 0 fully saturated rings. The first-order chi connectivity index (χ1) is 9.54. The number of nitrogens with zero attached hydrogens (tertiary/aromatic N) is 1. The summed E-state index contributed by atoms with van der Waals surface area (Å²) in [6.07, 6.45) is 2.82. The highest BCUT2D eigenvalue weighted by molar-refractivity contribution is 5.96. The van der Waals surface area contributed by atoms with Gasteiger partial charge in [0.05, 0.1) is 6.54 Å². The van der Waals surface area contributed by atoms with Crippen molar-refractivity contribution in [1.82, 2.24) is 15.6 Å². The van der Waals surface area contributed by atoms with E-state index < -0.39 is 18.4 Å². The topological polar surface area (TPSA) is 112 Å². The first-order valence-corrected chi connectivity index (χ1v) is 5.56. The first-order valence-electron chi connectivity index (χ1n) is 5.56. The van der Waals surface area contributed by atoms with Crippen LogP contribution in [0.2, 0.25) is 0 Å². The summed E-state index contributed by atoms with van der Waals surface area (Å²) in [5.41, 5.74) is 0.184. The molecule has 4 N–H and O–H groups in total. The van der Waals surface area contributed by atoms with Crippen LogP contribution in [0.3, 0.4) is 0 Å². The zero-order valence-electron chi connectivity index (χ0n) is 10.5. The second-order valence-corrected chi connectivity index (χ2v) is 3.55. The molecule has 7 heteroatoms. The van der Waals surface area contributed by atoms with Gasteiger partial charge in [-0.15, -0.1) is 0 Å². The van der Waals surface area contributed by atoms with Crippen molar-refractivity contribution in [2.45, 2.75) is 0 Å². The van der Waals surface area contributed by atoms with Gasteiger partial charge in [-0.05, 0) is 12.3 Å². The average Bonchev–Trinajstić information content (AvgIpc) is 2.41. The summed E-state index contributed by atoms with van der Waals surface area (Å²) in [4.78, 5) is 25.6. The molecule has 0 aliphatic rings. The van der Waals surface area contributed by atoms with Gasteiger partial charge in [-0.2, -0.15) is 0 Å². The fraction of sp³-hybridized carbons (Fsp3) is 0.154. The lowest BCUT2D eigenvalue weighted by atomic mass is 10.2. The molecule has 0 atom stereocenters. The van der Waals surface area contributed by atoms with Crippen LogP contribution in [0.15, 0.2) is 25.0 Å². The number of aromatic hydroxyl groups is 1. The van der Waals surface area contributed by atoms with Gasteiger partial charge in [-0.25, -0.2) is 4.98 Å². The van der Waals surface area contributed by atoms with Crippen molar-refractivity contribution in [1.29, 1.82) is 0 Å². The Morgan fingerprint density at radius 3 is 2.85 bits per heavy atom. The first kappa shape index (κ1) is 15.0. The Kier molecular flexibility index (Phi) is 5.59. The van der Waals surface area contributed by atoms with E-state index in [2.05, 4.69) is 34.0 Å². The average molecular weight is 275 g/mol. The number of carbonyl (C=O) groups excluding carboxylic acids is 1. The maximum atomic E-state index is 11.5. The standard InChI is InChI=1S/C13H13N3O4/c1-2-14-5-3-4-9-6-10(17)12(15-7-9)13(20)16-8-11(18)19/h2,6-7,14,17H,1,5,8H2,(H,16,20)(H,18,19).